The van der Waals surface area contributed by atoms with Crippen molar-refractivity contribution in [3.63, 3.8) is 0 Å². The van der Waals surface area contributed by atoms with Crippen LogP contribution >= 0.6 is 0 Å². The molecule has 0 aliphatic carbocycles. The Morgan fingerprint density at radius 1 is 1.27 bits per heavy atom. The Kier molecular flexibility index (Phi) is 8.19. The number of aliphatic hydroxyl groups is 1. The summed E-state index contributed by atoms with van der Waals surface area (Å²) in [5.74, 6) is 1.30. The SMILES string of the molecule is CCOC(=O)N1CC[NH+](C[C@@H](O)COc2ccccc2[C@@H](C)CC)CC1. The van der Waals surface area contributed by atoms with Gasteiger partial charge in [-0.05, 0) is 30.9 Å². The van der Waals surface area contributed by atoms with Gasteiger partial charge in [-0.3, -0.25) is 4.90 Å². The third kappa shape index (κ3) is 5.88. The molecule has 1 aromatic carbocycles. The molecule has 1 saturated heterocycles. The first-order valence-electron chi connectivity index (χ1n) is 9.70. The number of piperazine rings is 1. The zero-order valence-corrected chi connectivity index (χ0v) is 16.2. The van der Waals surface area contributed by atoms with Crippen molar-refractivity contribution >= 4 is 6.09 Å². The van der Waals surface area contributed by atoms with Crippen molar-refractivity contribution in [2.45, 2.75) is 39.2 Å². The molecule has 1 aromatic rings. The standard InChI is InChI=1S/C20H32N2O4/c1-4-16(3)18-8-6-7-9-19(18)26-15-17(23)14-21-10-12-22(13-11-21)20(24)25-5-2/h6-9,16-17,23H,4-5,10-15H2,1-3H3/p+1/t16-,17+/m0/s1. The number of hydrogen-bond acceptors (Lipinski definition) is 4. The molecule has 0 radical (unpaired) electrons. The minimum atomic E-state index is -0.524. The molecule has 0 saturated carbocycles. The van der Waals surface area contributed by atoms with E-state index in [-0.39, 0.29) is 6.09 Å². The second-order valence-corrected chi connectivity index (χ2v) is 6.95. The summed E-state index contributed by atoms with van der Waals surface area (Å²) in [5.41, 5.74) is 1.19. The zero-order valence-electron chi connectivity index (χ0n) is 16.2. The molecule has 1 fully saturated rings. The van der Waals surface area contributed by atoms with Gasteiger partial charge in [0.05, 0.1) is 32.8 Å². The summed E-state index contributed by atoms with van der Waals surface area (Å²) in [6.45, 7) is 10.5. The fourth-order valence-electron chi connectivity index (χ4n) is 3.24. The lowest BCUT2D eigenvalue weighted by atomic mass is 9.98. The van der Waals surface area contributed by atoms with Gasteiger partial charge in [0.1, 0.15) is 25.0 Å². The lowest BCUT2D eigenvalue weighted by molar-refractivity contribution is -0.907. The summed E-state index contributed by atoms with van der Waals surface area (Å²) in [6.07, 6.45) is 0.291. The van der Waals surface area contributed by atoms with E-state index in [0.717, 1.165) is 25.3 Å². The fourth-order valence-corrected chi connectivity index (χ4v) is 3.24. The van der Waals surface area contributed by atoms with E-state index < -0.39 is 6.10 Å². The molecule has 1 amide bonds. The van der Waals surface area contributed by atoms with Crippen LogP contribution in [-0.2, 0) is 4.74 Å². The highest BCUT2D eigenvalue weighted by Gasteiger charge is 2.26. The number of carbonyl (C=O) groups is 1. The molecule has 6 nitrogen and oxygen atoms in total. The molecule has 2 N–H and O–H groups in total. The number of amides is 1. The number of ether oxygens (including phenoxy) is 2. The molecule has 2 atom stereocenters. The Morgan fingerprint density at radius 3 is 2.62 bits per heavy atom. The Balaban J connectivity index is 1.77. The lowest BCUT2D eigenvalue weighted by Crippen LogP contribution is -3.16. The lowest BCUT2D eigenvalue weighted by Gasteiger charge is -2.32. The van der Waals surface area contributed by atoms with E-state index in [9.17, 15) is 9.90 Å². The number of benzene rings is 1. The first kappa shape index (κ1) is 20.5. The van der Waals surface area contributed by atoms with Crippen LogP contribution in [0.2, 0.25) is 0 Å². The van der Waals surface area contributed by atoms with Gasteiger partial charge in [-0.25, -0.2) is 4.79 Å². The molecule has 6 heteroatoms. The minimum absolute atomic E-state index is 0.239. The molecule has 0 bridgehead atoms. The number of carbonyl (C=O) groups excluding carboxylic acids is 1. The fraction of sp³-hybridized carbons (Fsp3) is 0.650. The van der Waals surface area contributed by atoms with Crippen LogP contribution in [0.15, 0.2) is 24.3 Å². The Morgan fingerprint density at radius 2 is 1.96 bits per heavy atom. The number of para-hydroxylation sites is 1. The second-order valence-electron chi connectivity index (χ2n) is 6.95. The summed E-state index contributed by atoms with van der Waals surface area (Å²) in [7, 11) is 0. The van der Waals surface area contributed by atoms with E-state index in [0.29, 0.717) is 38.8 Å². The molecule has 26 heavy (non-hydrogen) atoms. The van der Waals surface area contributed by atoms with E-state index in [4.69, 9.17) is 9.47 Å². The number of aliphatic hydroxyl groups excluding tert-OH is 1. The van der Waals surface area contributed by atoms with Crippen LogP contribution in [0.3, 0.4) is 0 Å². The van der Waals surface area contributed by atoms with Crippen LogP contribution in [0, 0.1) is 0 Å². The minimum Gasteiger partial charge on any atom is -0.490 e. The normalized spacial score (nSPS) is 17.6. The molecule has 0 aromatic heterocycles. The van der Waals surface area contributed by atoms with E-state index in [1.54, 1.807) is 4.90 Å². The number of hydrogen-bond donors (Lipinski definition) is 2. The third-order valence-electron chi connectivity index (χ3n) is 5.01. The van der Waals surface area contributed by atoms with Gasteiger partial charge < -0.3 is 19.5 Å². The van der Waals surface area contributed by atoms with Crippen molar-refractivity contribution < 1.29 is 24.3 Å². The van der Waals surface area contributed by atoms with Gasteiger partial charge in [-0.15, -0.1) is 0 Å². The maximum Gasteiger partial charge on any atom is 0.410 e. The molecule has 146 valence electrons. The van der Waals surface area contributed by atoms with Gasteiger partial charge in [0.25, 0.3) is 0 Å². The van der Waals surface area contributed by atoms with Crippen molar-refractivity contribution in [3.05, 3.63) is 29.8 Å². The molecular weight excluding hydrogens is 332 g/mol. The summed E-state index contributed by atoms with van der Waals surface area (Å²) in [4.78, 5) is 14.7. The Bertz CT molecular complexity index is 558. The van der Waals surface area contributed by atoms with Crippen molar-refractivity contribution in [1.29, 1.82) is 0 Å². The summed E-state index contributed by atoms with van der Waals surface area (Å²) >= 11 is 0. The highest BCUT2D eigenvalue weighted by Crippen LogP contribution is 2.28. The predicted molar refractivity (Wildman–Crippen MR) is 101 cm³/mol. The summed E-state index contributed by atoms with van der Waals surface area (Å²) in [5, 5.41) is 10.4. The highest BCUT2D eigenvalue weighted by atomic mass is 16.6. The molecule has 0 unspecified atom stereocenters. The highest BCUT2D eigenvalue weighted by molar-refractivity contribution is 5.67. The number of nitrogens with zero attached hydrogens (tertiary/aromatic N) is 1. The van der Waals surface area contributed by atoms with Crippen molar-refractivity contribution in [2.24, 2.45) is 0 Å². The molecule has 1 aliphatic rings. The van der Waals surface area contributed by atoms with Crippen LogP contribution in [0.4, 0.5) is 4.79 Å². The molecule has 2 rings (SSSR count). The molecule has 0 spiro atoms. The molecule has 1 aliphatic heterocycles. The average Bonchev–Trinajstić information content (AvgIpc) is 2.66. The van der Waals surface area contributed by atoms with Crippen LogP contribution in [0.5, 0.6) is 5.75 Å². The molecular formula is C20H33N2O4+. The predicted octanol–water partition coefficient (Wildman–Crippen LogP) is 1.30. The van der Waals surface area contributed by atoms with Crippen LogP contribution in [0.1, 0.15) is 38.7 Å². The number of quaternary nitrogens is 1. The van der Waals surface area contributed by atoms with Crippen molar-refractivity contribution in [1.82, 2.24) is 4.90 Å². The molecule has 1 heterocycles. The van der Waals surface area contributed by atoms with Crippen LogP contribution in [0.25, 0.3) is 0 Å². The maximum atomic E-state index is 11.7. The van der Waals surface area contributed by atoms with Gasteiger partial charge in [0.15, 0.2) is 0 Å². The van der Waals surface area contributed by atoms with Gasteiger partial charge in [0, 0.05) is 0 Å². The van der Waals surface area contributed by atoms with Crippen molar-refractivity contribution in [2.75, 3.05) is 45.9 Å². The second kappa shape index (κ2) is 10.4. The third-order valence-corrected chi connectivity index (χ3v) is 5.01. The Labute approximate surface area is 156 Å². The quantitative estimate of drug-likeness (QED) is 0.729. The Hall–Kier alpha value is -1.79. The first-order chi connectivity index (χ1) is 12.5. The smallest absolute Gasteiger partial charge is 0.410 e. The van der Waals surface area contributed by atoms with Crippen molar-refractivity contribution in [3.8, 4) is 5.75 Å². The van der Waals surface area contributed by atoms with E-state index in [1.165, 1.54) is 10.5 Å². The van der Waals surface area contributed by atoms with E-state index in [1.807, 2.05) is 25.1 Å². The van der Waals surface area contributed by atoms with Gasteiger partial charge >= 0.3 is 6.09 Å². The number of nitrogens with one attached hydrogen (secondary N) is 1. The number of rotatable bonds is 8. The van der Waals surface area contributed by atoms with Gasteiger partial charge in [0.2, 0.25) is 0 Å². The average molecular weight is 365 g/mol. The van der Waals surface area contributed by atoms with Gasteiger partial charge in [-0.2, -0.15) is 0 Å². The van der Waals surface area contributed by atoms with Crippen LogP contribution in [-0.4, -0.2) is 68.1 Å². The van der Waals surface area contributed by atoms with E-state index in [2.05, 4.69) is 19.9 Å². The topological polar surface area (TPSA) is 63.4 Å². The van der Waals surface area contributed by atoms with E-state index >= 15 is 0 Å². The maximum absolute atomic E-state index is 11.7. The van der Waals surface area contributed by atoms with Gasteiger partial charge in [-0.1, -0.05) is 32.0 Å². The zero-order chi connectivity index (χ0) is 18.9. The monoisotopic (exact) mass is 365 g/mol. The summed E-state index contributed by atoms with van der Waals surface area (Å²) in [6, 6.07) is 8.06. The van der Waals surface area contributed by atoms with Crippen LogP contribution < -0.4 is 9.64 Å². The summed E-state index contributed by atoms with van der Waals surface area (Å²) < 4.78 is 10.9. The largest absolute Gasteiger partial charge is 0.490 e. The first-order valence-corrected chi connectivity index (χ1v) is 9.70.